The van der Waals surface area contributed by atoms with E-state index in [1.165, 1.54) is 0 Å². The van der Waals surface area contributed by atoms with Gasteiger partial charge in [-0.25, -0.2) is 0 Å². The topological polar surface area (TPSA) is 188 Å². The van der Waals surface area contributed by atoms with Gasteiger partial charge in [0, 0.05) is 13.5 Å². The molecule has 0 aliphatic heterocycles. The van der Waals surface area contributed by atoms with Gasteiger partial charge in [0.15, 0.2) is 17.3 Å². The molecule has 0 bridgehead atoms. The van der Waals surface area contributed by atoms with Gasteiger partial charge >= 0.3 is 0 Å². The number of hydrogen-bond donors (Lipinski definition) is 5. The van der Waals surface area contributed by atoms with E-state index in [4.69, 9.17) is 32.8 Å². The van der Waals surface area contributed by atoms with E-state index in [0.29, 0.717) is 6.42 Å². The molecule has 2 rings (SSSR count). The van der Waals surface area contributed by atoms with Crippen molar-refractivity contribution in [2.24, 2.45) is 27.9 Å². The number of aliphatic carboxylic acids is 1. The number of hydrogen-bond acceptors (Lipinski definition) is 5. The Morgan fingerprint density at radius 2 is 1.35 bits per heavy atom. The average Bonchev–Trinajstić information content (AvgIpc) is 2.72. The molecule has 31 heavy (non-hydrogen) atoms. The highest BCUT2D eigenvalue weighted by Crippen LogP contribution is 2.30. The van der Waals surface area contributed by atoms with Crippen molar-refractivity contribution in [3.05, 3.63) is 71.8 Å². The molecule has 0 heterocycles. The predicted octanol–water partition coefficient (Wildman–Crippen LogP) is 0.715. The van der Waals surface area contributed by atoms with Gasteiger partial charge < -0.3 is 28.0 Å². The first-order valence-corrected chi connectivity index (χ1v) is 9.57. The number of carbonyl (C=O) groups excluding carboxylic acids is 2. The van der Waals surface area contributed by atoms with E-state index in [0.717, 1.165) is 18.1 Å². The zero-order valence-corrected chi connectivity index (χ0v) is 17.4. The monoisotopic (exact) mass is 427 g/mol. The van der Waals surface area contributed by atoms with Crippen LogP contribution in [-0.4, -0.2) is 40.8 Å². The van der Waals surface area contributed by atoms with Crippen molar-refractivity contribution in [2.75, 3.05) is 6.54 Å². The summed E-state index contributed by atoms with van der Waals surface area (Å²) in [6.07, 6.45) is 0.396. The minimum absolute atomic E-state index is 0.0497. The largest absolute Gasteiger partial charge is 0.481 e. The third kappa shape index (κ3) is 7.90. The van der Waals surface area contributed by atoms with Gasteiger partial charge in [0.2, 0.25) is 5.91 Å². The lowest BCUT2D eigenvalue weighted by atomic mass is 9.76. The molecular formula is C22H29N5O4. The fraction of sp³-hybridized carbons (Fsp3) is 0.273. The molecular weight excluding hydrogens is 398 g/mol. The maximum absolute atomic E-state index is 13.4. The van der Waals surface area contributed by atoms with Gasteiger partial charge in [-0.1, -0.05) is 60.7 Å². The summed E-state index contributed by atoms with van der Waals surface area (Å²) >= 11 is 0. The molecule has 0 aliphatic carbocycles. The van der Waals surface area contributed by atoms with Crippen molar-refractivity contribution < 1.29 is 19.5 Å². The van der Waals surface area contributed by atoms with Crippen molar-refractivity contribution in [3.8, 4) is 0 Å². The number of aliphatic imine (C=N–C) groups is 1. The Hall–Kier alpha value is -3.72. The van der Waals surface area contributed by atoms with E-state index in [2.05, 4.69) is 4.99 Å². The van der Waals surface area contributed by atoms with E-state index >= 15 is 0 Å². The summed E-state index contributed by atoms with van der Waals surface area (Å²) in [5.41, 5.74) is 22.0. The zero-order chi connectivity index (χ0) is 23.4. The summed E-state index contributed by atoms with van der Waals surface area (Å²) in [5.74, 6) is -2.91. The van der Waals surface area contributed by atoms with Crippen LogP contribution in [0.25, 0.3) is 0 Å². The first kappa shape index (κ1) is 25.3. The van der Waals surface area contributed by atoms with Gasteiger partial charge in [0.1, 0.15) is 0 Å². The average molecular weight is 428 g/mol. The number of carboxylic acid groups (broad SMARTS) is 1. The number of primary amides is 1. The standard InChI is InChI=1S/C20H25N5O2.C2H4O2/c21-18(27)20(24,12-7-13-25-19(22)23)17(26)16(14-8-3-1-4-9-14)15-10-5-2-6-11-15;1-2(3)4/h1-6,8-11,16H,7,12-13,24H2,(H2,21,27)(H4,22,23,25);1H3,(H,3,4)/t20-;/m1./s1. The van der Waals surface area contributed by atoms with Gasteiger partial charge in [0.25, 0.3) is 5.97 Å². The van der Waals surface area contributed by atoms with Crippen LogP contribution in [0.3, 0.4) is 0 Å². The third-order valence-electron chi connectivity index (χ3n) is 4.43. The lowest BCUT2D eigenvalue weighted by Gasteiger charge is -2.29. The SMILES string of the molecule is CC(=O)O.NC(=O)[C@@](N)(CCCN=C(N)N)C(=O)C(c1ccccc1)c1ccccc1. The highest BCUT2D eigenvalue weighted by Gasteiger charge is 2.44. The second-order valence-electron chi connectivity index (χ2n) is 6.88. The van der Waals surface area contributed by atoms with Gasteiger partial charge in [-0.05, 0) is 24.0 Å². The van der Waals surface area contributed by atoms with Crippen molar-refractivity contribution in [3.63, 3.8) is 0 Å². The number of benzene rings is 2. The van der Waals surface area contributed by atoms with Gasteiger partial charge in [-0.3, -0.25) is 19.4 Å². The number of ketones is 1. The summed E-state index contributed by atoms with van der Waals surface area (Å²) in [6, 6.07) is 18.4. The molecule has 1 atom stereocenters. The molecule has 9 nitrogen and oxygen atoms in total. The summed E-state index contributed by atoms with van der Waals surface area (Å²) in [4.78, 5) is 38.4. The number of carbonyl (C=O) groups is 3. The molecule has 166 valence electrons. The van der Waals surface area contributed by atoms with Crippen molar-refractivity contribution in [2.45, 2.75) is 31.2 Å². The molecule has 2 aromatic rings. The van der Waals surface area contributed by atoms with E-state index in [9.17, 15) is 9.59 Å². The number of rotatable bonds is 9. The predicted molar refractivity (Wildman–Crippen MR) is 119 cm³/mol. The van der Waals surface area contributed by atoms with Gasteiger partial charge in [-0.15, -0.1) is 0 Å². The van der Waals surface area contributed by atoms with Crippen LogP contribution < -0.4 is 22.9 Å². The molecule has 0 aromatic heterocycles. The molecule has 0 fully saturated rings. The molecule has 0 unspecified atom stereocenters. The molecule has 9 N–H and O–H groups in total. The summed E-state index contributed by atoms with van der Waals surface area (Å²) in [6.45, 7) is 1.34. The number of nitrogens with zero attached hydrogens (tertiary/aromatic N) is 1. The molecule has 0 radical (unpaired) electrons. The number of nitrogens with two attached hydrogens (primary N) is 4. The minimum Gasteiger partial charge on any atom is -0.481 e. The minimum atomic E-state index is -1.82. The van der Waals surface area contributed by atoms with Crippen LogP contribution >= 0.6 is 0 Å². The Morgan fingerprint density at radius 3 is 1.71 bits per heavy atom. The Balaban J connectivity index is 0.00000110. The highest BCUT2D eigenvalue weighted by molar-refractivity contribution is 6.13. The van der Waals surface area contributed by atoms with E-state index < -0.39 is 29.1 Å². The van der Waals surface area contributed by atoms with Crippen LogP contribution in [-0.2, 0) is 14.4 Å². The molecule has 9 heteroatoms. The van der Waals surface area contributed by atoms with E-state index in [-0.39, 0.29) is 18.9 Å². The Morgan fingerprint density at radius 1 is 0.935 bits per heavy atom. The van der Waals surface area contributed by atoms with E-state index in [1.807, 2.05) is 60.7 Å². The van der Waals surface area contributed by atoms with Crippen LogP contribution in [0.1, 0.15) is 36.8 Å². The molecule has 0 saturated carbocycles. The lowest BCUT2D eigenvalue weighted by Crippen LogP contribution is -2.59. The number of Topliss-reactive ketones (excluding diaryl/α,β-unsaturated/α-hetero) is 1. The Bertz CT molecular complexity index is 855. The van der Waals surface area contributed by atoms with Crippen LogP contribution in [0.4, 0.5) is 0 Å². The fourth-order valence-electron chi connectivity index (χ4n) is 2.98. The maximum Gasteiger partial charge on any atom is 0.300 e. The Labute approximate surface area is 181 Å². The molecule has 0 saturated heterocycles. The van der Waals surface area contributed by atoms with Crippen molar-refractivity contribution >= 4 is 23.6 Å². The smallest absolute Gasteiger partial charge is 0.300 e. The quantitative estimate of drug-likeness (QED) is 0.168. The van der Waals surface area contributed by atoms with Crippen LogP contribution in [0.5, 0.6) is 0 Å². The van der Waals surface area contributed by atoms with Gasteiger partial charge in [-0.2, -0.15) is 0 Å². The summed E-state index contributed by atoms with van der Waals surface area (Å²) in [7, 11) is 0. The number of guanidine groups is 1. The summed E-state index contributed by atoms with van der Waals surface area (Å²) < 4.78 is 0. The first-order valence-electron chi connectivity index (χ1n) is 9.57. The number of carboxylic acids is 1. The normalized spacial score (nSPS) is 12.1. The van der Waals surface area contributed by atoms with E-state index in [1.54, 1.807) is 0 Å². The molecule has 2 aromatic carbocycles. The maximum atomic E-state index is 13.4. The second-order valence-corrected chi connectivity index (χ2v) is 6.88. The highest BCUT2D eigenvalue weighted by atomic mass is 16.4. The van der Waals surface area contributed by atoms with Crippen molar-refractivity contribution in [1.82, 2.24) is 0 Å². The third-order valence-corrected chi connectivity index (χ3v) is 4.43. The second kappa shape index (κ2) is 12.1. The molecule has 0 aliphatic rings. The number of amides is 1. The summed E-state index contributed by atoms with van der Waals surface area (Å²) in [5, 5.41) is 7.42. The fourth-order valence-corrected chi connectivity index (χ4v) is 2.98. The molecule has 0 spiro atoms. The van der Waals surface area contributed by atoms with Crippen molar-refractivity contribution in [1.29, 1.82) is 0 Å². The van der Waals surface area contributed by atoms with Crippen LogP contribution in [0.2, 0.25) is 0 Å². The van der Waals surface area contributed by atoms with Gasteiger partial charge in [0.05, 0.1) is 5.92 Å². The Kier molecular flexibility index (Phi) is 9.87. The first-order chi connectivity index (χ1) is 14.6. The zero-order valence-electron chi connectivity index (χ0n) is 17.4. The van der Waals surface area contributed by atoms with Crippen LogP contribution in [0.15, 0.2) is 65.7 Å². The van der Waals surface area contributed by atoms with Crippen LogP contribution in [0, 0.1) is 0 Å². The lowest BCUT2D eigenvalue weighted by molar-refractivity contribution is -0.135. The molecule has 1 amide bonds.